The maximum atomic E-state index is 11.6. The first-order valence-corrected chi connectivity index (χ1v) is 12.7. The summed E-state index contributed by atoms with van der Waals surface area (Å²) < 4.78 is 5.42. The first-order chi connectivity index (χ1) is 17.6. The van der Waals surface area contributed by atoms with Crippen LogP contribution in [-0.2, 0) is 11.3 Å². The fraction of sp³-hybridized carbons (Fsp3) is 0.333. The van der Waals surface area contributed by atoms with E-state index in [1.165, 1.54) is 12.1 Å². The number of carbonyl (C=O) groups excluding carboxylic acids is 1. The quantitative estimate of drug-likeness (QED) is 0.283. The standard InChI is InChI=1S/C14H20N2OS.C13H14N4O.2H2O.3H2/c18-14-4-2-1-3-13(14)16-6-5-12(11-16)15-7-9-17-10-8-15;14-11-3-5-12(6-4-11)17-13(18)16-9-10-2-1-7-15-8-10;;;;;/h1-4,12,18H,5-11H2;1-8H,9,14H2,(H2,16,17,18);2*1H2;3*1H. The fourth-order valence-corrected chi connectivity index (χ4v) is 4.66. The van der Waals surface area contributed by atoms with Crippen molar-refractivity contribution in [3.05, 3.63) is 78.6 Å². The van der Waals surface area contributed by atoms with Crippen molar-refractivity contribution >= 4 is 35.7 Å². The van der Waals surface area contributed by atoms with Gasteiger partial charge in [0, 0.05) is 71.7 Å². The van der Waals surface area contributed by atoms with Crippen LogP contribution in [-0.4, -0.2) is 72.3 Å². The first-order valence-electron chi connectivity index (χ1n) is 12.2. The molecule has 0 radical (unpaired) electrons. The first kappa shape index (κ1) is 30.9. The van der Waals surface area contributed by atoms with E-state index in [4.69, 9.17) is 10.5 Å². The number of ether oxygens (including phenoxy) is 1. The van der Waals surface area contributed by atoms with Crippen LogP contribution in [0.2, 0.25) is 0 Å². The van der Waals surface area contributed by atoms with Gasteiger partial charge in [0.15, 0.2) is 0 Å². The molecule has 1 unspecified atom stereocenters. The molecule has 0 bridgehead atoms. The van der Waals surface area contributed by atoms with Crippen molar-refractivity contribution in [2.45, 2.75) is 23.9 Å². The van der Waals surface area contributed by atoms with Gasteiger partial charge in [0.25, 0.3) is 0 Å². The lowest BCUT2D eigenvalue weighted by atomic mass is 10.2. The lowest BCUT2D eigenvalue weighted by Crippen LogP contribution is -2.44. The molecule has 11 heteroatoms. The summed E-state index contributed by atoms with van der Waals surface area (Å²) in [6, 6.07) is 19.5. The fourth-order valence-electron chi connectivity index (χ4n) is 4.36. The van der Waals surface area contributed by atoms with E-state index in [1.54, 1.807) is 36.7 Å². The van der Waals surface area contributed by atoms with Gasteiger partial charge in [-0.15, -0.1) is 12.6 Å². The molecule has 10 nitrogen and oxygen atoms in total. The number of aromatic nitrogens is 1. The molecule has 1 aromatic heterocycles. The topological polar surface area (TPSA) is 159 Å². The highest BCUT2D eigenvalue weighted by atomic mass is 32.1. The van der Waals surface area contributed by atoms with Crippen molar-refractivity contribution < 1.29 is 24.8 Å². The molecule has 2 fully saturated rings. The number of carbonyl (C=O) groups is 1. The average molecular weight is 549 g/mol. The molecule has 0 aliphatic carbocycles. The molecule has 2 amide bonds. The number of nitrogens with one attached hydrogen (secondary N) is 2. The van der Waals surface area contributed by atoms with Gasteiger partial charge in [-0.3, -0.25) is 9.88 Å². The van der Waals surface area contributed by atoms with Crippen molar-refractivity contribution in [3.8, 4) is 0 Å². The number of amides is 2. The molecular weight excluding hydrogens is 504 g/mol. The van der Waals surface area contributed by atoms with Gasteiger partial charge in [-0.05, 0) is 54.4 Å². The van der Waals surface area contributed by atoms with Crippen molar-refractivity contribution in [1.29, 1.82) is 0 Å². The van der Waals surface area contributed by atoms with Crippen molar-refractivity contribution in [3.63, 3.8) is 0 Å². The predicted molar refractivity (Wildman–Crippen MR) is 161 cm³/mol. The van der Waals surface area contributed by atoms with Gasteiger partial charge in [-0.1, -0.05) is 18.2 Å². The number of para-hydroxylation sites is 1. The Morgan fingerprint density at radius 1 is 1.05 bits per heavy atom. The number of urea groups is 1. The SMILES string of the molecule is Nc1ccc(NC(=O)NCc2cccnc2)cc1.O.O.Sc1ccccc1N1CCC(N2CCOCC2)C1.[HH].[HH].[HH]. The van der Waals surface area contributed by atoms with Crippen molar-refractivity contribution in [2.75, 3.05) is 55.3 Å². The molecule has 5 rings (SSSR count). The van der Waals surface area contributed by atoms with Crippen LogP contribution in [0.5, 0.6) is 0 Å². The zero-order valence-corrected chi connectivity index (χ0v) is 22.2. The van der Waals surface area contributed by atoms with E-state index in [9.17, 15) is 4.79 Å². The Hall–Kier alpha value is -3.35. The Bertz CT molecular complexity index is 1120. The van der Waals surface area contributed by atoms with E-state index in [0.29, 0.717) is 24.0 Å². The third kappa shape index (κ3) is 9.19. The Balaban J connectivity index is 0. The van der Waals surface area contributed by atoms with Gasteiger partial charge in [0.2, 0.25) is 0 Å². The molecule has 8 N–H and O–H groups in total. The Morgan fingerprint density at radius 2 is 1.79 bits per heavy atom. The number of nitrogens with zero attached hydrogens (tertiary/aromatic N) is 3. The number of benzene rings is 2. The molecule has 0 saturated carbocycles. The molecule has 2 aliphatic heterocycles. The van der Waals surface area contributed by atoms with E-state index in [2.05, 4.69) is 56.2 Å². The van der Waals surface area contributed by atoms with E-state index < -0.39 is 0 Å². The number of nitrogens with two attached hydrogens (primary N) is 1. The maximum Gasteiger partial charge on any atom is 0.319 e. The molecular formula is C27H44N6O4S. The summed E-state index contributed by atoms with van der Waals surface area (Å²) in [6.45, 7) is 6.65. The number of hydrogen-bond acceptors (Lipinski definition) is 7. The molecule has 2 aromatic carbocycles. The van der Waals surface area contributed by atoms with Crippen LogP contribution < -0.4 is 21.3 Å². The summed E-state index contributed by atoms with van der Waals surface area (Å²) in [4.78, 5) is 21.7. The van der Waals surface area contributed by atoms with Gasteiger partial charge in [-0.2, -0.15) is 0 Å². The van der Waals surface area contributed by atoms with E-state index in [1.807, 2.05) is 18.2 Å². The van der Waals surface area contributed by atoms with Crippen LogP contribution in [0.25, 0.3) is 0 Å². The second-order valence-corrected chi connectivity index (χ2v) is 9.30. The summed E-state index contributed by atoms with van der Waals surface area (Å²) in [6.07, 6.45) is 4.66. The summed E-state index contributed by atoms with van der Waals surface area (Å²) in [5.74, 6) is 0. The molecule has 2 aliphatic rings. The highest BCUT2D eigenvalue weighted by Crippen LogP contribution is 2.28. The van der Waals surface area contributed by atoms with Crippen LogP contribution in [0.15, 0.2) is 78.0 Å². The second-order valence-electron chi connectivity index (χ2n) is 8.82. The van der Waals surface area contributed by atoms with E-state index in [-0.39, 0.29) is 21.3 Å². The Labute approximate surface area is 233 Å². The van der Waals surface area contributed by atoms with Crippen molar-refractivity contribution in [2.24, 2.45) is 0 Å². The van der Waals surface area contributed by atoms with Gasteiger partial charge in [-0.25, -0.2) is 4.79 Å². The maximum absolute atomic E-state index is 11.6. The Morgan fingerprint density at radius 3 is 2.47 bits per heavy atom. The predicted octanol–water partition coefficient (Wildman–Crippen LogP) is 2.96. The van der Waals surface area contributed by atoms with Crippen LogP contribution >= 0.6 is 12.6 Å². The zero-order valence-electron chi connectivity index (χ0n) is 21.3. The number of rotatable bonds is 5. The van der Waals surface area contributed by atoms with Gasteiger partial charge < -0.3 is 37.0 Å². The lowest BCUT2D eigenvalue weighted by molar-refractivity contribution is 0.0209. The molecule has 2 saturated heterocycles. The molecule has 38 heavy (non-hydrogen) atoms. The molecule has 1 atom stereocenters. The minimum Gasteiger partial charge on any atom is -0.412 e. The minimum atomic E-state index is -0.261. The van der Waals surface area contributed by atoms with Gasteiger partial charge >= 0.3 is 6.03 Å². The number of pyridine rings is 1. The number of nitrogen functional groups attached to an aromatic ring is 1. The summed E-state index contributed by atoms with van der Waals surface area (Å²) >= 11 is 4.55. The molecule has 212 valence electrons. The molecule has 0 spiro atoms. The Kier molecular flexibility index (Phi) is 12.8. The smallest absolute Gasteiger partial charge is 0.319 e. The zero-order chi connectivity index (χ0) is 25.2. The summed E-state index contributed by atoms with van der Waals surface area (Å²) in [5.41, 5.74) is 9.15. The van der Waals surface area contributed by atoms with Gasteiger partial charge in [0.05, 0.1) is 18.9 Å². The van der Waals surface area contributed by atoms with Gasteiger partial charge in [0.1, 0.15) is 0 Å². The minimum absolute atomic E-state index is 0. The second kappa shape index (κ2) is 15.8. The van der Waals surface area contributed by atoms with Crippen LogP contribution in [0, 0.1) is 0 Å². The third-order valence-corrected chi connectivity index (χ3v) is 6.67. The monoisotopic (exact) mass is 548 g/mol. The number of morpholine rings is 1. The number of hydrogen-bond donors (Lipinski definition) is 4. The number of thiol groups is 1. The normalized spacial score (nSPS) is 16.8. The van der Waals surface area contributed by atoms with Crippen LogP contribution in [0.3, 0.4) is 0 Å². The highest BCUT2D eigenvalue weighted by Gasteiger charge is 2.29. The average Bonchev–Trinajstić information content (AvgIpc) is 3.41. The van der Waals surface area contributed by atoms with E-state index in [0.717, 1.165) is 49.9 Å². The summed E-state index contributed by atoms with van der Waals surface area (Å²) in [7, 11) is 0. The summed E-state index contributed by atoms with van der Waals surface area (Å²) in [5, 5.41) is 5.45. The van der Waals surface area contributed by atoms with Crippen molar-refractivity contribution in [1.82, 2.24) is 15.2 Å². The van der Waals surface area contributed by atoms with Crippen LogP contribution in [0.4, 0.5) is 21.9 Å². The molecule has 3 heterocycles. The highest BCUT2D eigenvalue weighted by molar-refractivity contribution is 7.80. The lowest BCUT2D eigenvalue weighted by Gasteiger charge is -2.32. The third-order valence-electron chi connectivity index (χ3n) is 6.29. The van der Waals surface area contributed by atoms with E-state index >= 15 is 0 Å². The number of anilines is 3. The van der Waals surface area contributed by atoms with Crippen LogP contribution in [0.1, 0.15) is 16.3 Å². The largest absolute Gasteiger partial charge is 0.412 e. The molecule has 3 aromatic rings.